The predicted octanol–water partition coefficient (Wildman–Crippen LogP) is 3.37. The molecule has 0 aliphatic carbocycles. The summed E-state index contributed by atoms with van der Waals surface area (Å²) in [7, 11) is -3.74. The molecule has 3 heterocycles. The minimum atomic E-state index is -3.74. The van der Waals surface area contributed by atoms with Crippen molar-refractivity contribution >= 4 is 59.7 Å². The van der Waals surface area contributed by atoms with Crippen LogP contribution in [0.4, 0.5) is 28.0 Å². The third kappa shape index (κ3) is 4.80. The summed E-state index contributed by atoms with van der Waals surface area (Å²) in [4.78, 5) is 15.6. The molecule has 176 valence electrons. The third-order valence-corrected chi connectivity index (χ3v) is 7.33. The van der Waals surface area contributed by atoms with E-state index in [1.807, 2.05) is 6.07 Å². The van der Waals surface area contributed by atoms with Gasteiger partial charge in [0.2, 0.25) is 10.0 Å². The average Bonchev–Trinajstić information content (AvgIpc) is 3.23. The number of nitrogens with two attached hydrogens (primary N) is 1. The Kier molecular flexibility index (Phi) is 6.04. The molecule has 0 bridgehead atoms. The van der Waals surface area contributed by atoms with Gasteiger partial charge in [0.15, 0.2) is 16.6 Å². The number of anilines is 5. The van der Waals surface area contributed by atoms with Crippen LogP contribution < -0.4 is 20.7 Å². The van der Waals surface area contributed by atoms with Crippen molar-refractivity contribution < 1.29 is 13.2 Å². The molecule has 2 aromatic carbocycles. The Hall–Kier alpha value is -3.32. The van der Waals surface area contributed by atoms with Crippen LogP contribution in [-0.2, 0) is 14.8 Å². The van der Waals surface area contributed by atoms with Gasteiger partial charge in [-0.25, -0.2) is 23.5 Å². The molecule has 0 radical (unpaired) electrons. The summed E-state index contributed by atoms with van der Waals surface area (Å²) < 4.78 is 29.2. The number of nitrogens with zero attached hydrogens (tertiary/aromatic N) is 4. The fraction of sp³-hybridized carbons (Fsp3) is 0.227. The Morgan fingerprint density at radius 2 is 1.76 bits per heavy atom. The number of sulfonamides is 1. The van der Waals surface area contributed by atoms with Gasteiger partial charge in [0.1, 0.15) is 11.0 Å². The minimum Gasteiger partial charge on any atom is -0.378 e. The van der Waals surface area contributed by atoms with Crippen molar-refractivity contribution in [1.82, 2.24) is 15.0 Å². The maximum absolute atomic E-state index is 11.4. The van der Waals surface area contributed by atoms with E-state index in [0.717, 1.165) is 36.7 Å². The summed E-state index contributed by atoms with van der Waals surface area (Å²) in [6.45, 7) is 5.37. The van der Waals surface area contributed by atoms with Crippen LogP contribution in [0.25, 0.3) is 10.3 Å². The predicted molar refractivity (Wildman–Crippen MR) is 134 cm³/mol. The molecule has 1 saturated heterocycles. The Bertz CT molecular complexity index is 1430. The topological polar surface area (TPSA) is 135 Å². The molecular weight excluding hydrogens is 474 g/mol. The lowest BCUT2D eigenvalue weighted by Gasteiger charge is -2.30. The number of primary sulfonamides is 1. The maximum Gasteiger partial charge on any atom is 0.238 e. The first-order valence-electron chi connectivity index (χ1n) is 10.6. The lowest BCUT2D eigenvalue weighted by molar-refractivity contribution is 0.122. The fourth-order valence-electron chi connectivity index (χ4n) is 3.78. The highest BCUT2D eigenvalue weighted by molar-refractivity contribution is 7.89. The quantitative estimate of drug-likeness (QED) is 0.366. The lowest BCUT2D eigenvalue weighted by atomic mass is 10.1. The monoisotopic (exact) mass is 497 g/mol. The van der Waals surface area contributed by atoms with Crippen molar-refractivity contribution in [3.63, 3.8) is 0 Å². The summed E-state index contributed by atoms with van der Waals surface area (Å²) in [6, 6.07) is 12.4. The van der Waals surface area contributed by atoms with E-state index in [9.17, 15) is 8.42 Å². The van der Waals surface area contributed by atoms with Gasteiger partial charge in [-0.3, -0.25) is 0 Å². The van der Waals surface area contributed by atoms with Crippen LogP contribution in [0.2, 0.25) is 0 Å². The first-order valence-corrected chi connectivity index (χ1v) is 12.9. The first-order chi connectivity index (χ1) is 16.4. The number of aryl methyl sites for hydroxylation is 1. The van der Waals surface area contributed by atoms with Crippen molar-refractivity contribution in [2.45, 2.75) is 11.8 Å². The van der Waals surface area contributed by atoms with E-state index in [2.05, 4.69) is 49.5 Å². The number of hydrogen-bond acceptors (Lipinski definition) is 10. The van der Waals surface area contributed by atoms with Crippen LogP contribution in [0.1, 0.15) is 5.56 Å². The van der Waals surface area contributed by atoms with Crippen LogP contribution in [0.15, 0.2) is 53.7 Å². The number of ether oxygens (including phenoxy) is 1. The van der Waals surface area contributed by atoms with Crippen molar-refractivity contribution in [1.29, 1.82) is 0 Å². The summed E-state index contributed by atoms with van der Waals surface area (Å²) in [5.74, 6) is 0.665. The Morgan fingerprint density at radius 3 is 2.47 bits per heavy atom. The van der Waals surface area contributed by atoms with Gasteiger partial charge in [-0.05, 0) is 55.0 Å². The second-order valence-electron chi connectivity index (χ2n) is 7.81. The molecule has 0 spiro atoms. The van der Waals surface area contributed by atoms with E-state index in [1.165, 1.54) is 41.0 Å². The second kappa shape index (κ2) is 9.14. The number of thiazole rings is 1. The number of aromatic nitrogens is 3. The number of nitrogens with one attached hydrogen (secondary N) is 2. The largest absolute Gasteiger partial charge is 0.378 e. The van der Waals surface area contributed by atoms with Gasteiger partial charge >= 0.3 is 0 Å². The van der Waals surface area contributed by atoms with Crippen LogP contribution in [0.3, 0.4) is 0 Å². The Balaban J connectivity index is 1.36. The number of rotatable bonds is 6. The highest BCUT2D eigenvalue weighted by Gasteiger charge is 2.15. The summed E-state index contributed by atoms with van der Waals surface area (Å²) in [6.07, 6.45) is 1.48. The average molecular weight is 498 g/mol. The molecule has 1 aliphatic heterocycles. The van der Waals surface area contributed by atoms with E-state index in [4.69, 9.17) is 9.88 Å². The van der Waals surface area contributed by atoms with Crippen molar-refractivity contribution in [3.8, 4) is 0 Å². The van der Waals surface area contributed by atoms with E-state index in [1.54, 1.807) is 12.1 Å². The summed E-state index contributed by atoms with van der Waals surface area (Å²) >= 11 is 1.40. The highest BCUT2D eigenvalue weighted by Crippen LogP contribution is 2.33. The maximum atomic E-state index is 11.4. The molecule has 4 aromatic rings. The molecule has 2 aromatic heterocycles. The first kappa shape index (κ1) is 22.5. The molecular formula is C22H23N7O3S2. The third-order valence-electron chi connectivity index (χ3n) is 5.44. The molecule has 0 amide bonds. The highest BCUT2D eigenvalue weighted by atomic mass is 32.2. The van der Waals surface area contributed by atoms with Gasteiger partial charge in [0.25, 0.3) is 0 Å². The molecule has 1 aliphatic rings. The fourth-order valence-corrected chi connectivity index (χ4v) is 5.18. The standard InChI is InChI=1S/C22H23N7O3S2/c1-14-12-16(4-7-18(14)29-8-10-32-11-9-29)26-20-19-21(25-13-24-20)28-22(33-19)27-15-2-5-17(6-3-15)34(23,30)31/h2-7,12-13H,8-11H2,1H3,(H2,23,30,31)(H2,24,25,26,27,28). The van der Waals surface area contributed by atoms with Gasteiger partial charge in [-0.1, -0.05) is 11.3 Å². The van der Waals surface area contributed by atoms with Crippen LogP contribution >= 0.6 is 11.3 Å². The molecule has 34 heavy (non-hydrogen) atoms. The number of fused-ring (bicyclic) bond motifs is 1. The van der Waals surface area contributed by atoms with Gasteiger partial charge in [-0.2, -0.15) is 4.98 Å². The van der Waals surface area contributed by atoms with E-state index >= 15 is 0 Å². The Labute approximate surface area is 200 Å². The van der Waals surface area contributed by atoms with Crippen molar-refractivity contribution in [2.75, 3.05) is 41.8 Å². The van der Waals surface area contributed by atoms with E-state index < -0.39 is 10.0 Å². The van der Waals surface area contributed by atoms with Crippen molar-refractivity contribution in [3.05, 3.63) is 54.4 Å². The zero-order valence-corrected chi connectivity index (χ0v) is 20.0. The number of morpholine rings is 1. The lowest BCUT2D eigenvalue weighted by Crippen LogP contribution is -2.36. The van der Waals surface area contributed by atoms with Gasteiger partial charge < -0.3 is 20.3 Å². The van der Waals surface area contributed by atoms with Crippen molar-refractivity contribution in [2.24, 2.45) is 5.14 Å². The molecule has 0 atom stereocenters. The minimum absolute atomic E-state index is 0.0506. The van der Waals surface area contributed by atoms with Crippen LogP contribution in [-0.4, -0.2) is 49.7 Å². The number of benzene rings is 2. The number of hydrogen-bond donors (Lipinski definition) is 3. The van der Waals surface area contributed by atoms with Gasteiger partial charge in [-0.15, -0.1) is 0 Å². The summed E-state index contributed by atoms with van der Waals surface area (Å²) in [5, 5.41) is 12.3. The Morgan fingerprint density at radius 1 is 1.03 bits per heavy atom. The summed E-state index contributed by atoms with van der Waals surface area (Å²) in [5.41, 5.74) is 4.55. The molecule has 4 N–H and O–H groups in total. The van der Waals surface area contributed by atoms with E-state index in [-0.39, 0.29) is 4.90 Å². The van der Waals surface area contributed by atoms with Crippen LogP contribution in [0.5, 0.6) is 0 Å². The molecule has 12 heteroatoms. The molecule has 5 rings (SSSR count). The van der Waals surface area contributed by atoms with Crippen LogP contribution in [0, 0.1) is 6.92 Å². The SMILES string of the molecule is Cc1cc(Nc2ncnc3nc(Nc4ccc(S(N)(=O)=O)cc4)sc23)ccc1N1CCOCC1. The molecule has 10 nitrogen and oxygen atoms in total. The van der Waals surface area contributed by atoms with Gasteiger partial charge in [0, 0.05) is 30.2 Å². The molecule has 1 fully saturated rings. The molecule has 0 saturated carbocycles. The smallest absolute Gasteiger partial charge is 0.238 e. The molecule has 0 unspecified atom stereocenters. The van der Waals surface area contributed by atoms with Gasteiger partial charge in [0.05, 0.1) is 18.1 Å². The normalized spacial score (nSPS) is 14.4. The second-order valence-corrected chi connectivity index (χ2v) is 10.4. The zero-order valence-electron chi connectivity index (χ0n) is 18.4. The zero-order chi connectivity index (χ0) is 23.7. The van der Waals surface area contributed by atoms with E-state index in [0.29, 0.717) is 22.3 Å².